The Balaban J connectivity index is 2.27. The topological polar surface area (TPSA) is 49.7 Å². The smallest absolute Gasteiger partial charge is 0.130 e. The largest absolute Gasteiger partial charge is 0.507 e. The van der Waals surface area contributed by atoms with E-state index < -0.39 is 0 Å². The lowest BCUT2D eigenvalue weighted by atomic mass is 9.89. The van der Waals surface area contributed by atoms with Gasteiger partial charge in [-0.05, 0) is 20.3 Å². The molecule has 1 aliphatic carbocycles. The first-order valence-corrected chi connectivity index (χ1v) is 6.87. The first-order valence-electron chi connectivity index (χ1n) is 6.87. The Morgan fingerprint density at radius 3 is 2.40 bits per heavy atom. The van der Waals surface area contributed by atoms with Gasteiger partial charge in [-0.15, -0.1) is 0 Å². The summed E-state index contributed by atoms with van der Waals surface area (Å²) in [6.45, 7) is 3.92. The van der Waals surface area contributed by atoms with Gasteiger partial charge in [0.2, 0.25) is 0 Å². The number of aromatic hydroxyl groups is 2. The zero-order chi connectivity index (χ0) is 14.3. The fourth-order valence-corrected chi connectivity index (χ4v) is 2.80. The number of phenolic OH excluding ortho intramolecular Hbond substituents is 2. The number of phenols is 2. The molecule has 104 valence electrons. The van der Waals surface area contributed by atoms with Crippen molar-refractivity contribution in [2.45, 2.75) is 32.5 Å². The molecule has 0 radical (unpaired) electrons. The van der Waals surface area contributed by atoms with Gasteiger partial charge in [0.05, 0.1) is 6.10 Å². The highest BCUT2D eigenvalue weighted by atomic mass is 16.5. The molecule has 0 fully saturated rings. The highest BCUT2D eigenvalue weighted by molar-refractivity contribution is 5.96. The summed E-state index contributed by atoms with van der Waals surface area (Å²) < 4.78 is 5.84. The lowest BCUT2D eigenvalue weighted by molar-refractivity contribution is 0.0321. The first kappa shape index (κ1) is 13.0. The van der Waals surface area contributed by atoms with Crippen molar-refractivity contribution < 1.29 is 14.9 Å². The summed E-state index contributed by atoms with van der Waals surface area (Å²) in [5, 5.41) is 22.4. The van der Waals surface area contributed by atoms with E-state index >= 15 is 0 Å². The number of hydrogen-bond acceptors (Lipinski definition) is 3. The molecule has 0 aromatic heterocycles. The van der Waals surface area contributed by atoms with Crippen LogP contribution in [0.4, 0.5) is 0 Å². The number of rotatable bonds is 2. The lowest BCUT2D eigenvalue weighted by Gasteiger charge is -2.26. The van der Waals surface area contributed by atoms with Crippen molar-refractivity contribution >= 4 is 10.8 Å². The molecular formula is C17H18O3. The van der Waals surface area contributed by atoms with Crippen molar-refractivity contribution in [3.63, 3.8) is 0 Å². The fourth-order valence-electron chi connectivity index (χ4n) is 2.80. The van der Waals surface area contributed by atoms with E-state index in [4.69, 9.17) is 4.74 Å². The minimum absolute atomic E-state index is 0.0450. The summed E-state index contributed by atoms with van der Waals surface area (Å²) in [7, 11) is 0. The minimum Gasteiger partial charge on any atom is -0.507 e. The Morgan fingerprint density at radius 1 is 1.10 bits per heavy atom. The van der Waals surface area contributed by atoms with Crippen LogP contribution in [-0.2, 0) is 11.2 Å². The summed E-state index contributed by atoms with van der Waals surface area (Å²) in [6, 6.07) is 7.34. The average molecular weight is 270 g/mol. The van der Waals surface area contributed by atoms with Crippen molar-refractivity contribution in [3.8, 4) is 11.5 Å². The molecule has 1 unspecified atom stereocenters. The predicted octanol–water partition coefficient (Wildman–Crippen LogP) is 3.83. The Labute approximate surface area is 118 Å². The molecule has 3 nitrogen and oxygen atoms in total. The molecule has 1 atom stereocenters. The van der Waals surface area contributed by atoms with E-state index in [0.717, 1.165) is 5.56 Å². The fraction of sp³-hybridized carbons (Fsp3) is 0.294. The van der Waals surface area contributed by atoms with Gasteiger partial charge < -0.3 is 14.9 Å². The molecule has 2 aromatic carbocycles. The van der Waals surface area contributed by atoms with Gasteiger partial charge in [0.15, 0.2) is 0 Å². The van der Waals surface area contributed by atoms with Crippen LogP contribution in [0, 0.1) is 0 Å². The van der Waals surface area contributed by atoms with E-state index in [1.807, 2.05) is 50.3 Å². The van der Waals surface area contributed by atoms with Gasteiger partial charge in [-0.3, -0.25) is 0 Å². The van der Waals surface area contributed by atoms with Gasteiger partial charge in [-0.1, -0.05) is 36.4 Å². The highest BCUT2D eigenvalue weighted by Crippen LogP contribution is 2.45. The summed E-state index contributed by atoms with van der Waals surface area (Å²) in [6.07, 6.45) is 4.26. The third-order valence-corrected chi connectivity index (χ3v) is 3.64. The lowest BCUT2D eigenvalue weighted by Crippen LogP contribution is -2.13. The number of ether oxygens (including phenoxy) is 1. The van der Waals surface area contributed by atoms with Crippen LogP contribution in [0.25, 0.3) is 10.8 Å². The number of fused-ring (bicyclic) bond motifs is 2. The molecule has 3 heteroatoms. The molecule has 20 heavy (non-hydrogen) atoms. The standard InChI is InChI=1S/C17H18O3/c1-10(2)20-14-9-5-8-13-15(14)17(19)12-7-4-3-6-11(12)16(13)18/h3-7,9-10,14,18-19H,8H2,1-2H3. The second kappa shape index (κ2) is 4.84. The maximum absolute atomic E-state index is 10.6. The molecule has 0 heterocycles. The van der Waals surface area contributed by atoms with E-state index in [2.05, 4.69) is 0 Å². The second-order valence-corrected chi connectivity index (χ2v) is 5.37. The number of hydrogen-bond donors (Lipinski definition) is 2. The molecule has 0 spiro atoms. The van der Waals surface area contributed by atoms with Crippen molar-refractivity contribution in [2.24, 2.45) is 0 Å². The third kappa shape index (κ3) is 1.95. The van der Waals surface area contributed by atoms with E-state index in [9.17, 15) is 10.2 Å². The number of allylic oxidation sites excluding steroid dienone is 1. The van der Waals surface area contributed by atoms with Gasteiger partial charge in [-0.25, -0.2) is 0 Å². The number of benzene rings is 2. The second-order valence-electron chi connectivity index (χ2n) is 5.37. The summed E-state index contributed by atoms with van der Waals surface area (Å²) in [5.74, 6) is 0.457. The van der Waals surface area contributed by atoms with Crippen LogP contribution in [-0.4, -0.2) is 16.3 Å². The van der Waals surface area contributed by atoms with E-state index in [-0.39, 0.29) is 23.7 Å². The van der Waals surface area contributed by atoms with Gasteiger partial charge in [0.1, 0.15) is 17.6 Å². The van der Waals surface area contributed by atoms with E-state index in [1.165, 1.54) is 0 Å². The highest BCUT2D eigenvalue weighted by Gasteiger charge is 2.26. The van der Waals surface area contributed by atoms with Crippen LogP contribution >= 0.6 is 0 Å². The first-order chi connectivity index (χ1) is 9.59. The van der Waals surface area contributed by atoms with Gasteiger partial charge in [0.25, 0.3) is 0 Å². The predicted molar refractivity (Wildman–Crippen MR) is 79.1 cm³/mol. The maximum Gasteiger partial charge on any atom is 0.130 e. The molecule has 0 bridgehead atoms. The van der Waals surface area contributed by atoms with Crippen LogP contribution in [0.1, 0.15) is 31.1 Å². The maximum atomic E-state index is 10.6. The van der Waals surface area contributed by atoms with Gasteiger partial charge >= 0.3 is 0 Å². The molecule has 0 saturated carbocycles. The minimum atomic E-state index is -0.311. The zero-order valence-electron chi connectivity index (χ0n) is 11.6. The van der Waals surface area contributed by atoms with Gasteiger partial charge in [-0.2, -0.15) is 0 Å². The van der Waals surface area contributed by atoms with Crippen LogP contribution in [0.3, 0.4) is 0 Å². The van der Waals surface area contributed by atoms with Crippen molar-refractivity contribution in [2.75, 3.05) is 0 Å². The quantitative estimate of drug-likeness (QED) is 0.644. The Bertz CT molecular complexity index is 686. The third-order valence-electron chi connectivity index (χ3n) is 3.64. The van der Waals surface area contributed by atoms with Crippen LogP contribution in [0.2, 0.25) is 0 Å². The summed E-state index contributed by atoms with van der Waals surface area (Å²) in [5.41, 5.74) is 1.45. The van der Waals surface area contributed by atoms with Crippen LogP contribution < -0.4 is 0 Å². The molecule has 1 aliphatic rings. The van der Waals surface area contributed by atoms with E-state index in [0.29, 0.717) is 22.8 Å². The van der Waals surface area contributed by atoms with Crippen LogP contribution in [0.15, 0.2) is 36.4 Å². The Hall–Kier alpha value is -2.00. The molecule has 0 aliphatic heterocycles. The van der Waals surface area contributed by atoms with Crippen molar-refractivity contribution in [3.05, 3.63) is 47.5 Å². The summed E-state index contributed by atoms with van der Waals surface area (Å²) in [4.78, 5) is 0. The summed E-state index contributed by atoms with van der Waals surface area (Å²) >= 11 is 0. The zero-order valence-corrected chi connectivity index (χ0v) is 11.6. The SMILES string of the molecule is CC(C)OC1C=CCc2c1c(O)c1ccccc1c2O. The monoisotopic (exact) mass is 270 g/mol. The molecular weight excluding hydrogens is 252 g/mol. The normalized spacial score (nSPS) is 17.6. The molecule has 0 saturated heterocycles. The molecule has 2 N–H and O–H groups in total. The van der Waals surface area contributed by atoms with Gasteiger partial charge in [0, 0.05) is 21.9 Å². The van der Waals surface area contributed by atoms with Crippen molar-refractivity contribution in [1.29, 1.82) is 0 Å². The van der Waals surface area contributed by atoms with Crippen LogP contribution in [0.5, 0.6) is 11.5 Å². The van der Waals surface area contributed by atoms with E-state index in [1.54, 1.807) is 0 Å². The molecule has 2 aromatic rings. The Kier molecular flexibility index (Phi) is 3.14. The molecule has 0 amide bonds. The average Bonchev–Trinajstić information content (AvgIpc) is 2.44. The molecule has 3 rings (SSSR count). The Morgan fingerprint density at radius 2 is 1.75 bits per heavy atom. The van der Waals surface area contributed by atoms with Crippen molar-refractivity contribution in [1.82, 2.24) is 0 Å².